The number of ketones is 1. The molecule has 1 heterocycles. The molecule has 2 heteroatoms. The van der Waals surface area contributed by atoms with Crippen LogP contribution in [0.4, 0.5) is 0 Å². The third-order valence-electron chi connectivity index (χ3n) is 4.25. The quantitative estimate of drug-likeness (QED) is 0.534. The predicted octanol–water partition coefficient (Wildman–Crippen LogP) is 2.07. The Morgan fingerprint density at radius 1 is 1.31 bits per heavy atom. The lowest BCUT2D eigenvalue weighted by Crippen LogP contribution is -2.44. The zero-order valence-corrected chi connectivity index (χ0v) is 8.14. The average Bonchev–Trinajstić information content (AvgIpc) is 2.83. The Labute approximate surface area is 78.6 Å². The molecule has 0 aromatic carbocycles. The highest BCUT2D eigenvalue weighted by atomic mass is 16.6. The van der Waals surface area contributed by atoms with Gasteiger partial charge in [0, 0.05) is 5.92 Å². The minimum atomic E-state index is -0.289. The van der Waals surface area contributed by atoms with Crippen molar-refractivity contribution in [1.82, 2.24) is 0 Å². The van der Waals surface area contributed by atoms with E-state index in [0.717, 1.165) is 25.7 Å². The topological polar surface area (TPSA) is 29.6 Å². The van der Waals surface area contributed by atoms with Gasteiger partial charge in [-0.1, -0.05) is 13.3 Å². The Balaban J connectivity index is 1.96. The summed E-state index contributed by atoms with van der Waals surface area (Å²) in [6.45, 7) is 2.05. The lowest BCUT2D eigenvalue weighted by atomic mass is 9.67. The first-order chi connectivity index (χ1) is 6.20. The molecule has 0 radical (unpaired) electrons. The van der Waals surface area contributed by atoms with Crippen molar-refractivity contribution in [3.8, 4) is 0 Å². The van der Waals surface area contributed by atoms with Crippen molar-refractivity contribution in [3.63, 3.8) is 0 Å². The minimum Gasteiger partial charge on any atom is -0.354 e. The maximum absolute atomic E-state index is 12.0. The number of carbonyl (C=O) groups excluding carboxylic acids is 1. The Morgan fingerprint density at radius 2 is 2.08 bits per heavy atom. The van der Waals surface area contributed by atoms with Gasteiger partial charge in [-0.15, -0.1) is 0 Å². The number of ether oxygens (including phenoxy) is 1. The zero-order valence-electron chi connectivity index (χ0n) is 8.14. The van der Waals surface area contributed by atoms with E-state index < -0.39 is 0 Å². The van der Waals surface area contributed by atoms with Gasteiger partial charge in [-0.2, -0.15) is 0 Å². The van der Waals surface area contributed by atoms with Gasteiger partial charge in [-0.25, -0.2) is 0 Å². The largest absolute Gasteiger partial charge is 0.354 e. The van der Waals surface area contributed by atoms with Crippen molar-refractivity contribution in [2.24, 2.45) is 5.92 Å². The molecule has 0 amide bonds. The van der Waals surface area contributed by atoms with Crippen LogP contribution in [0.3, 0.4) is 0 Å². The highest BCUT2D eigenvalue weighted by molar-refractivity contribution is 5.94. The fourth-order valence-electron chi connectivity index (χ4n) is 3.38. The van der Waals surface area contributed by atoms with E-state index in [0.29, 0.717) is 5.78 Å². The molecular weight excluding hydrogens is 164 g/mol. The third kappa shape index (κ3) is 0.762. The van der Waals surface area contributed by atoms with Crippen molar-refractivity contribution in [1.29, 1.82) is 0 Å². The Morgan fingerprint density at radius 3 is 2.92 bits per heavy atom. The van der Waals surface area contributed by atoms with E-state index in [-0.39, 0.29) is 17.1 Å². The van der Waals surface area contributed by atoms with E-state index in [9.17, 15) is 4.79 Å². The molecule has 0 spiro atoms. The van der Waals surface area contributed by atoms with Crippen LogP contribution in [-0.4, -0.2) is 17.0 Å². The standard InChI is InChI=1S/C11H16O2/c1-8-4-7-10-5-2-3-6-11(10,13-10)9(8)12/h8H,2-7H2,1H3/t8-,10+,11-/m1/s1. The van der Waals surface area contributed by atoms with E-state index in [1.54, 1.807) is 0 Å². The summed E-state index contributed by atoms with van der Waals surface area (Å²) in [4.78, 5) is 12.0. The van der Waals surface area contributed by atoms with Crippen LogP contribution in [0.25, 0.3) is 0 Å². The molecule has 2 nitrogen and oxygen atoms in total. The monoisotopic (exact) mass is 180 g/mol. The van der Waals surface area contributed by atoms with Crippen LogP contribution in [0.2, 0.25) is 0 Å². The smallest absolute Gasteiger partial charge is 0.170 e. The number of rotatable bonds is 0. The van der Waals surface area contributed by atoms with Crippen LogP contribution >= 0.6 is 0 Å². The van der Waals surface area contributed by atoms with Crippen molar-refractivity contribution in [2.75, 3.05) is 0 Å². The van der Waals surface area contributed by atoms with Crippen LogP contribution in [0, 0.1) is 5.92 Å². The molecule has 0 bridgehead atoms. The Bertz CT molecular complexity index is 273. The number of Topliss-reactive ketones (excluding diaryl/α,β-unsaturated/α-hetero) is 1. The van der Waals surface area contributed by atoms with Gasteiger partial charge in [0.25, 0.3) is 0 Å². The molecule has 13 heavy (non-hydrogen) atoms. The molecule has 0 N–H and O–H groups in total. The van der Waals surface area contributed by atoms with Gasteiger partial charge in [0.05, 0.1) is 0 Å². The summed E-state index contributed by atoms with van der Waals surface area (Å²) in [5.41, 5.74) is -0.266. The summed E-state index contributed by atoms with van der Waals surface area (Å²) in [6, 6.07) is 0. The highest BCUT2D eigenvalue weighted by Gasteiger charge is 2.75. The molecule has 0 aromatic heterocycles. The van der Waals surface area contributed by atoms with Gasteiger partial charge in [0.2, 0.25) is 0 Å². The summed E-state index contributed by atoms with van der Waals surface area (Å²) in [5, 5.41) is 0. The van der Waals surface area contributed by atoms with Crippen LogP contribution in [0.5, 0.6) is 0 Å². The lowest BCUT2D eigenvalue weighted by Gasteiger charge is -2.30. The van der Waals surface area contributed by atoms with Gasteiger partial charge >= 0.3 is 0 Å². The normalized spacial score (nSPS) is 53.9. The van der Waals surface area contributed by atoms with Crippen LogP contribution in [-0.2, 0) is 9.53 Å². The van der Waals surface area contributed by atoms with Gasteiger partial charge in [-0.05, 0) is 32.1 Å². The number of epoxide rings is 1. The maximum Gasteiger partial charge on any atom is 0.170 e. The van der Waals surface area contributed by atoms with Gasteiger partial charge in [0.1, 0.15) is 5.60 Å². The summed E-state index contributed by atoms with van der Waals surface area (Å²) in [7, 11) is 0. The maximum atomic E-state index is 12.0. The van der Waals surface area contributed by atoms with Gasteiger partial charge < -0.3 is 4.74 Å². The third-order valence-corrected chi connectivity index (χ3v) is 4.25. The Kier molecular flexibility index (Phi) is 1.33. The van der Waals surface area contributed by atoms with Crippen molar-refractivity contribution < 1.29 is 9.53 Å². The highest BCUT2D eigenvalue weighted by Crippen LogP contribution is 2.63. The van der Waals surface area contributed by atoms with Crippen LogP contribution in [0.15, 0.2) is 0 Å². The SMILES string of the molecule is C[C@@H]1CC[C@@]23CCCC[C@@]2(O3)C1=O. The second-order valence-electron chi connectivity index (χ2n) is 4.93. The molecular formula is C11H16O2. The molecule has 2 saturated carbocycles. The van der Waals surface area contributed by atoms with Gasteiger partial charge in [-0.3, -0.25) is 4.79 Å². The van der Waals surface area contributed by atoms with E-state index >= 15 is 0 Å². The summed E-state index contributed by atoms with van der Waals surface area (Å²) in [5.74, 6) is 0.646. The molecule has 1 saturated heterocycles. The molecule has 3 fully saturated rings. The fraction of sp³-hybridized carbons (Fsp3) is 0.909. The second-order valence-corrected chi connectivity index (χ2v) is 4.93. The van der Waals surface area contributed by atoms with Crippen LogP contribution in [0.1, 0.15) is 45.4 Å². The number of carbonyl (C=O) groups is 1. The molecule has 3 aliphatic rings. The fourth-order valence-corrected chi connectivity index (χ4v) is 3.38. The summed E-state index contributed by atoms with van der Waals surface area (Å²) in [6.07, 6.45) is 6.73. The number of hydrogen-bond donors (Lipinski definition) is 0. The van der Waals surface area contributed by atoms with Crippen molar-refractivity contribution in [3.05, 3.63) is 0 Å². The summed E-state index contributed by atoms with van der Waals surface area (Å²) < 4.78 is 5.85. The van der Waals surface area contributed by atoms with E-state index in [1.807, 2.05) is 0 Å². The minimum absolute atomic E-state index is 0.0227. The first kappa shape index (κ1) is 7.98. The van der Waals surface area contributed by atoms with Gasteiger partial charge in [0.15, 0.2) is 11.4 Å². The van der Waals surface area contributed by atoms with E-state index in [2.05, 4.69) is 6.92 Å². The zero-order chi connectivity index (χ0) is 9.10. The van der Waals surface area contributed by atoms with E-state index in [4.69, 9.17) is 4.74 Å². The van der Waals surface area contributed by atoms with Crippen molar-refractivity contribution >= 4 is 5.78 Å². The molecule has 0 unspecified atom stereocenters. The first-order valence-electron chi connectivity index (χ1n) is 5.45. The van der Waals surface area contributed by atoms with Crippen LogP contribution < -0.4 is 0 Å². The first-order valence-corrected chi connectivity index (χ1v) is 5.45. The average molecular weight is 180 g/mol. The molecule has 72 valence electrons. The van der Waals surface area contributed by atoms with Crippen molar-refractivity contribution in [2.45, 2.75) is 56.7 Å². The Hall–Kier alpha value is -0.370. The molecule has 1 aliphatic heterocycles. The lowest BCUT2D eigenvalue weighted by molar-refractivity contribution is -0.129. The summed E-state index contributed by atoms with van der Waals surface area (Å²) >= 11 is 0. The molecule has 2 aliphatic carbocycles. The predicted molar refractivity (Wildman–Crippen MR) is 48.4 cm³/mol. The molecule has 3 rings (SSSR count). The van der Waals surface area contributed by atoms with E-state index in [1.165, 1.54) is 12.8 Å². The molecule has 0 aromatic rings. The number of hydrogen-bond acceptors (Lipinski definition) is 2. The molecule has 3 atom stereocenters. The second kappa shape index (κ2) is 2.17.